The third kappa shape index (κ3) is 7.08. The fraction of sp³-hybridized carbons (Fsp3) is 0.462. The van der Waals surface area contributed by atoms with E-state index in [2.05, 4.69) is 0 Å². The fourth-order valence-electron chi connectivity index (χ4n) is 1.64. The fourth-order valence-corrected chi connectivity index (χ4v) is 1.64. The summed E-state index contributed by atoms with van der Waals surface area (Å²) in [6, 6.07) is 9.11. The molecule has 3 nitrogen and oxygen atoms in total. The van der Waals surface area contributed by atoms with Crippen molar-refractivity contribution >= 4 is 18.3 Å². The van der Waals surface area contributed by atoms with E-state index >= 15 is 0 Å². The quantitative estimate of drug-likeness (QED) is 0.839. The third-order valence-electron chi connectivity index (χ3n) is 2.52. The van der Waals surface area contributed by atoms with Gasteiger partial charge >= 0.3 is 0 Å². The Bertz CT molecular complexity index is 363. The second-order valence-electron chi connectivity index (χ2n) is 4.04. The van der Waals surface area contributed by atoms with E-state index in [1.165, 1.54) is 4.90 Å². The molecule has 0 aromatic heterocycles. The van der Waals surface area contributed by atoms with Gasteiger partial charge in [0.05, 0.1) is 6.54 Å². The minimum absolute atomic E-state index is 0. The van der Waals surface area contributed by atoms with Gasteiger partial charge in [0.1, 0.15) is 0 Å². The van der Waals surface area contributed by atoms with Crippen LogP contribution in [0.25, 0.3) is 0 Å². The molecule has 0 unspecified atom stereocenters. The Morgan fingerprint density at radius 1 is 1.26 bits per heavy atom. The Morgan fingerprint density at radius 2 is 1.89 bits per heavy atom. The summed E-state index contributed by atoms with van der Waals surface area (Å²) < 4.78 is 24.9. The SMILES string of the molecule is Cl.NCCCC(=O)N(Cc1ccccc1)CC(F)F. The molecule has 19 heavy (non-hydrogen) atoms. The van der Waals surface area contributed by atoms with Crippen molar-refractivity contribution in [3.8, 4) is 0 Å². The molecule has 0 radical (unpaired) electrons. The monoisotopic (exact) mass is 292 g/mol. The molecule has 0 spiro atoms. The van der Waals surface area contributed by atoms with E-state index in [0.29, 0.717) is 13.0 Å². The van der Waals surface area contributed by atoms with E-state index in [9.17, 15) is 13.6 Å². The highest BCUT2D eigenvalue weighted by atomic mass is 35.5. The lowest BCUT2D eigenvalue weighted by Gasteiger charge is -2.22. The Hall–Kier alpha value is -1.20. The van der Waals surface area contributed by atoms with Crippen LogP contribution in [0.1, 0.15) is 18.4 Å². The molecule has 0 aliphatic heterocycles. The van der Waals surface area contributed by atoms with Crippen LogP contribution < -0.4 is 5.73 Å². The molecule has 0 aliphatic carbocycles. The number of hydrogen-bond acceptors (Lipinski definition) is 2. The molecule has 0 atom stereocenters. The smallest absolute Gasteiger partial charge is 0.255 e. The van der Waals surface area contributed by atoms with E-state index in [4.69, 9.17) is 5.73 Å². The first kappa shape index (κ1) is 17.8. The van der Waals surface area contributed by atoms with Crippen molar-refractivity contribution in [2.24, 2.45) is 5.73 Å². The van der Waals surface area contributed by atoms with Gasteiger partial charge in [0.25, 0.3) is 6.43 Å². The molecule has 2 N–H and O–H groups in total. The summed E-state index contributed by atoms with van der Waals surface area (Å²) in [6.07, 6.45) is -1.78. The van der Waals surface area contributed by atoms with Gasteiger partial charge in [-0.15, -0.1) is 12.4 Å². The summed E-state index contributed by atoms with van der Waals surface area (Å²) in [6.45, 7) is 0.0759. The third-order valence-corrected chi connectivity index (χ3v) is 2.52. The number of carbonyl (C=O) groups is 1. The molecule has 0 saturated carbocycles. The molecule has 108 valence electrons. The van der Waals surface area contributed by atoms with Gasteiger partial charge in [-0.1, -0.05) is 30.3 Å². The van der Waals surface area contributed by atoms with E-state index in [1.807, 2.05) is 30.3 Å². The van der Waals surface area contributed by atoms with Crippen molar-refractivity contribution < 1.29 is 13.6 Å². The predicted octanol–water partition coefficient (Wildman–Crippen LogP) is 2.44. The molecule has 0 aliphatic rings. The number of amides is 1. The molecular formula is C13H19ClF2N2O. The summed E-state index contributed by atoms with van der Waals surface area (Å²) in [7, 11) is 0. The van der Waals surface area contributed by atoms with Crippen molar-refractivity contribution in [3.05, 3.63) is 35.9 Å². The van der Waals surface area contributed by atoms with E-state index in [-0.39, 0.29) is 31.3 Å². The predicted molar refractivity (Wildman–Crippen MR) is 73.4 cm³/mol. The van der Waals surface area contributed by atoms with Crippen LogP contribution in [0.15, 0.2) is 30.3 Å². The van der Waals surface area contributed by atoms with E-state index in [1.54, 1.807) is 0 Å². The topological polar surface area (TPSA) is 46.3 Å². The van der Waals surface area contributed by atoms with Crippen LogP contribution in [0, 0.1) is 0 Å². The highest BCUT2D eigenvalue weighted by Gasteiger charge is 2.17. The highest BCUT2D eigenvalue weighted by molar-refractivity contribution is 5.85. The van der Waals surface area contributed by atoms with Gasteiger partial charge in [0.15, 0.2) is 0 Å². The molecule has 1 aromatic carbocycles. The second kappa shape index (κ2) is 9.69. The Labute approximate surface area is 118 Å². The lowest BCUT2D eigenvalue weighted by molar-refractivity contribution is -0.133. The molecule has 1 amide bonds. The van der Waals surface area contributed by atoms with Gasteiger partial charge < -0.3 is 10.6 Å². The lowest BCUT2D eigenvalue weighted by Crippen LogP contribution is -2.34. The number of nitrogens with zero attached hydrogens (tertiary/aromatic N) is 1. The first-order valence-corrected chi connectivity index (χ1v) is 5.93. The van der Waals surface area contributed by atoms with Crippen LogP contribution in [-0.2, 0) is 11.3 Å². The van der Waals surface area contributed by atoms with Crippen molar-refractivity contribution in [1.82, 2.24) is 4.90 Å². The van der Waals surface area contributed by atoms with E-state index < -0.39 is 13.0 Å². The number of nitrogens with two attached hydrogens (primary N) is 1. The lowest BCUT2D eigenvalue weighted by atomic mass is 10.2. The maximum Gasteiger partial charge on any atom is 0.255 e. The zero-order chi connectivity index (χ0) is 13.4. The first-order chi connectivity index (χ1) is 8.63. The number of carbonyl (C=O) groups excluding carboxylic acids is 1. The van der Waals surface area contributed by atoms with Crippen molar-refractivity contribution in [2.75, 3.05) is 13.1 Å². The summed E-state index contributed by atoms with van der Waals surface area (Å²) in [4.78, 5) is 13.0. The number of hydrogen-bond donors (Lipinski definition) is 1. The second-order valence-corrected chi connectivity index (χ2v) is 4.04. The maximum atomic E-state index is 12.5. The molecule has 6 heteroatoms. The Morgan fingerprint density at radius 3 is 2.42 bits per heavy atom. The van der Waals surface area contributed by atoms with Gasteiger partial charge in [-0.05, 0) is 18.5 Å². The van der Waals surface area contributed by atoms with Gasteiger partial charge in [0.2, 0.25) is 5.91 Å². The molecule has 1 rings (SSSR count). The van der Waals surface area contributed by atoms with Crippen molar-refractivity contribution in [3.63, 3.8) is 0 Å². The van der Waals surface area contributed by atoms with Crippen LogP contribution in [0.5, 0.6) is 0 Å². The van der Waals surface area contributed by atoms with Gasteiger partial charge in [0, 0.05) is 13.0 Å². The number of rotatable bonds is 7. The Balaban J connectivity index is 0.00000324. The highest BCUT2D eigenvalue weighted by Crippen LogP contribution is 2.09. The largest absolute Gasteiger partial charge is 0.333 e. The molecule has 1 aromatic rings. The van der Waals surface area contributed by atoms with Crippen LogP contribution in [0.3, 0.4) is 0 Å². The summed E-state index contributed by atoms with van der Waals surface area (Å²) in [5, 5.41) is 0. The Kier molecular flexibility index (Phi) is 9.08. The molecule has 0 saturated heterocycles. The number of alkyl halides is 2. The van der Waals surface area contributed by atoms with Crippen LogP contribution in [-0.4, -0.2) is 30.3 Å². The van der Waals surface area contributed by atoms with Gasteiger partial charge in [-0.25, -0.2) is 8.78 Å². The number of halogens is 3. The van der Waals surface area contributed by atoms with Crippen molar-refractivity contribution in [1.29, 1.82) is 0 Å². The molecular weight excluding hydrogens is 274 g/mol. The first-order valence-electron chi connectivity index (χ1n) is 5.93. The average molecular weight is 293 g/mol. The van der Waals surface area contributed by atoms with Crippen LogP contribution in [0.4, 0.5) is 8.78 Å². The molecule has 0 fully saturated rings. The van der Waals surface area contributed by atoms with E-state index in [0.717, 1.165) is 5.56 Å². The zero-order valence-electron chi connectivity index (χ0n) is 10.6. The summed E-state index contributed by atoms with van der Waals surface area (Å²) in [5.41, 5.74) is 6.16. The molecule has 0 bridgehead atoms. The standard InChI is InChI=1S/C13H18F2N2O.ClH/c14-12(15)10-17(13(18)7-4-8-16)9-11-5-2-1-3-6-11;/h1-3,5-6,12H,4,7-10,16H2;1H. The van der Waals surface area contributed by atoms with Crippen molar-refractivity contribution in [2.45, 2.75) is 25.8 Å². The number of benzene rings is 1. The van der Waals surface area contributed by atoms with Gasteiger partial charge in [-0.2, -0.15) is 0 Å². The zero-order valence-corrected chi connectivity index (χ0v) is 11.4. The average Bonchev–Trinajstić information content (AvgIpc) is 2.36. The normalized spacial score (nSPS) is 10.1. The minimum atomic E-state index is -2.52. The summed E-state index contributed by atoms with van der Waals surface area (Å²) in [5.74, 6) is -0.274. The minimum Gasteiger partial charge on any atom is -0.333 e. The molecule has 0 heterocycles. The summed E-state index contributed by atoms with van der Waals surface area (Å²) >= 11 is 0. The van der Waals surface area contributed by atoms with Crippen LogP contribution in [0.2, 0.25) is 0 Å². The van der Waals surface area contributed by atoms with Gasteiger partial charge in [-0.3, -0.25) is 4.79 Å². The maximum absolute atomic E-state index is 12.5. The van der Waals surface area contributed by atoms with Crippen LogP contribution >= 0.6 is 12.4 Å².